The van der Waals surface area contributed by atoms with Gasteiger partial charge >= 0.3 is 0 Å². The van der Waals surface area contributed by atoms with Crippen molar-refractivity contribution in [3.63, 3.8) is 0 Å². The number of thiazole rings is 1. The van der Waals surface area contributed by atoms with Crippen LogP contribution < -0.4 is 0 Å². The molecule has 2 aromatic rings. The number of sulfonamides is 1. The lowest BCUT2D eigenvalue weighted by Gasteiger charge is -2.20. The van der Waals surface area contributed by atoms with E-state index in [4.69, 9.17) is 0 Å². The summed E-state index contributed by atoms with van der Waals surface area (Å²) >= 11 is 1.54. The van der Waals surface area contributed by atoms with Crippen molar-refractivity contribution < 1.29 is 8.42 Å². The lowest BCUT2D eigenvalue weighted by Crippen LogP contribution is -2.27. The Kier molecular flexibility index (Phi) is 4.34. The highest BCUT2D eigenvalue weighted by atomic mass is 32.2. The average molecular weight is 336 g/mol. The number of aryl methyl sites for hydroxylation is 3. The van der Waals surface area contributed by atoms with Gasteiger partial charge in [0.2, 0.25) is 10.0 Å². The summed E-state index contributed by atoms with van der Waals surface area (Å²) in [7, 11) is -1.85. The minimum Gasteiger partial charge on any atom is -0.245 e. The molecule has 0 unspecified atom stereocenters. The first kappa shape index (κ1) is 15.6. The maximum absolute atomic E-state index is 12.7. The molecular formula is C16H20N2O2S2. The van der Waals surface area contributed by atoms with Crippen molar-refractivity contribution in [1.82, 2.24) is 9.29 Å². The summed E-state index contributed by atoms with van der Waals surface area (Å²) < 4.78 is 26.8. The summed E-state index contributed by atoms with van der Waals surface area (Å²) in [5.74, 6) is 0. The van der Waals surface area contributed by atoms with E-state index in [9.17, 15) is 8.42 Å². The summed E-state index contributed by atoms with van der Waals surface area (Å²) in [4.78, 5) is 4.73. The third kappa shape index (κ3) is 3.09. The zero-order valence-corrected chi connectivity index (χ0v) is 14.5. The van der Waals surface area contributed by atoms with Crippen molar-refractivity contribution in [2.24, 2.45) is 0 Å². The molecule has 0 saturated carbocycles. The van der Waals surface area contributed by atoms with E-state index >= 15 is 0 Å². The molecule has 1 aliphatic carbocycles. The third-order valence-corrected chi connectivity index (χ3v) is 6.70. The minimum absolute atomic E-state index is 0.309. The van der Waals surface area contributed by atoms with Gasteiger partial charge in [-0.05, 0) is 55.9 Å². The molecule has 0 saturated heterocycles. The highest BCUT2D eigenvalue weighted by Crippen LogP contribution is 2.26. The van der Waals surface area contributed by atoms with Gasteiger partial charge < -0.3 is 0 Å². The molecule has 0 radical (unpaired) electrons. The Labute approximate surface area is 135 Å². The molecule has 0 spiro atoms. The fourth-order valence-corrected chi connectivity index (χ4v) is 4.64. The number of fused-ring (bicyclic) bond motifs is 1. The van der Waals surface area contributed by atoms with Gasteiger partial charge in [0.1, 0.15) is 0 Å². The van der Waals surface area contributed by atoms with E-state index in [2.05, 4.69) is 4.98 Å². The molecule has 118 valence electrons. The van der Waals surface area contributed by atoms with Crippen molar-refractivity contribution in [1.29, 1.82) is 0 Å². The van der Waals surface area contributed by atoms with E-state index in [0.717, 1.165) is 30.0 Å². The molecule has 0 aliphatic heterocycles. The Morgan fingerprint density at radius 3 is 2.64 bits per heavy atom. The highest BCUT2D eigenvalue weighted by molar-refractivity contribution is 7.89. The number of aromatic nitrogens is 1. The molecule has 0 fully saturated rings. The maximum atomic E-state index is 12.7. The molecule has 1 aliphatic rings. The molecule has 22 heavy (non-hydrogen) atoms. The highest BCUT2D eigenvalue weighted by Gasteiger charge is 2.23. The van der Waals surface area contributed by atoms with Crippen LogP contribution in [0, 0.1) is 6.92 Å². The zero-order valence-electron chi connectivity index (χ0n) is 12.9. The van der Waals surface area contributed by atoms with Gasteiger partial charge in [0, 0.05) is 12.4 Å². The van der Waals surface area contributed by atoms with Gasteiger partial charge in [-0.15, -0.1) is 11.3 Å². The molecule has 0 atom stereocenters. The first-order chi connectivity index (χ1) is 10.5. The molecule has 0 amide bonds. The molecule has 0 bridgehead atoms. The van der Waals surface area contributed by atoms with E-state index in [0.29, 0.717) is 11.4 Å². The second-order valence-corrected chi connectivity index (χ2v) is 8.86. The van der Waals surface area contributed by atoms with Crippen LogP contribution in [-0.2, 0) is 29.4 Å². The molecular weight excluding hydrogens is 316 g/mol. The van der Waals surface area contributed by atoms with Crippen LogP contribution in [0.1, 0.15) is 34.7 Å². The van der Waals surface area contributed by atoms with Crippen molar-refractivity contribution >= 4 is 21.4 Å². The predicted molar refractivity (Wildman–Crippen MR) is 88.6 cm³/mol. The van der Waals surface area contributed by atoms with Crippen molar-refractivity contribution in [3.8, 4) is 0 Å². The van der Waals surface area contributed by atoms with Gasteiger partial charge in [0.15, 0.2) is 0 Å². The third-order valence-electron chi connectivity index (χ3n) is 4.08. The van der Waals surface area contributed by atoms with Gasteiger partial charge in [-0.25, -0.2) is 13.4 Å². The predicted octanol–water partition coefficient (Wildman–Crippen LogP) is 3.15. The molecule has 0 N–H and O–H groups in total. The Bertz CT molecular complexity index is 781. The standard InChI is InChI=1S/C16H20N2O2S2/c1-12-17-15(11-21-12)10-18(2)22(19,20)16-8-7-13-5-3-4-6-14(13)9-16/h7-9,11H,3-6,10H2,1-2H3. The molecule has 1 aromatic heterocycles. The smallest absolute Gasteiger partial charge is 0.243 e. The topological polar surface area (TPSA) is 50.3 Å². The molecule has 1 aromatic carbocycles. The van der Waals surface area contributed by atoms with Gasteiger partial charge in [-0.1, -0.05) is 6.07 Å². The van der Waals surface area contributed by atoms with Crippen LogP contribution in [0.15, 0.2) is 28.5 Å². The number of rotatable bonds is 4. The summed E-state index contributed by atoms with van der Waals surface area (Å²) in [6.45, 7) is 2.23. The van der Waals surface area contributed by atoms with Crippen LogP contribution >= 0.6 is 11.3 Å². The molecule has 1 heterocycles. The van der Waals surface area contributed by atoms with Crippen LogP contribution in [0.5, 0.6) is 0 Å². The molecule has 3 rings (SSSR count). The zero-order chi connectivity index (χ0) is 15.7. The monoisotopic (exact) mass is 336 g/mol. The molecule has 4 nitrogen and oxygen atoms in total. The Morgan fingerprint density at radius 1 is 1.23 bits per heavy atom. The fraction of sp³-hybridized carbons (Fsp3) is 0.438. The van der Waals surface area contributed by atoms with Gasteiger partial charge in [0.25, 0.3) is 0 Å². The largest absolute Gasteiger partial charge is 0.245 e. The van der Waals surface area contributed by atoms with E-state index in [-0.39, 0.29) is 0 Å². The summed E-state index contributed by atoms with van der Waals surface area (Å²) in [5, 5.41) is 2.86. The number of nitrogens with zero attached hydrogens (tertiary/aromatic N) is 2. The van der Waals surface area contributed by atoms with Crippen LogP contribution in [0.25, 0.3) is 0 Å². The Balaban J connectivity index is 1.85. The lowest BCUT2D eigenvalue weighted by atomic mass is 9.92. The Morgan fingerprint density at radius 2 is 1.95 bits per heavy atom. The summed E-state index contributed by atoms with van der Waals surface area (Å²) in [6, 6.07) is 5.57. The number of benzene rings is 1. The molecule has 6 heteroatoms. The van der Waals surface area contributed by atoms with E-state index < -0.39 is 10.0 Å². The SMILES string of the molecule is Cc1nc(CN(C)S(=O)(=O)c2ccc3c(c2)CCCC3)cs1. The van der Waals surface area contributed by atoms with Gasteiger partial charge in [0.05, 0.1) is 22.1 Å². The summed E-state index contributed by atoms with van der Waals surface area (Å²) in [6.07, 6.45) is 4.38. The minimum atomic E-state index is -3.46. The van der Waals surface area contributed by atoms with Crippen LogP contribution in [-0.4, -0.2) is 24.8 Å². The van der Waals surface area contributed by atoms with Crippen molar-refractivity contribution in [3.05, 3.63) is 45.4 Å². The average Bonchev–Trinajstić information content (AvgIpc) is 2.91. The van der Waals surface area contributed by atoms with Gasteiger partial charge in [-0.2, -0.15) is 4.31 Å². The first-order valence-electron chi connectivity index (χ1n) is 7.46. The van der Waals surface area contributed by atoms with Crippen LogP contribution in [0.3, 0.4) is 0 Å². The fourth-order valence-electron chi connectivity index (χ4n) is 2.84. The van der Waals surface area contributed by atoms with Crippen molar-refractivity contribution in [2.75, 3.05) is 7.05 Å². The van der Waals surface area contributed by atoms with E-state index in [1.54, 1.807) is 13.1 Å². The van der Waals surface area contributed by atoms with Crippen LogP contribution in [0.2, 0.25) is 0 Å². The van der Waals surface area contributed by atoms with E-state index in [1.807, 2.05) is 24.4 Å². The second-order valence-electron chi connectivity index (χ2n) is 5.76. The number of hydrogen-bond donors (Lipinski definition) is 0. The summed E-state index contributed by atoms with van der Waals surface area (Å²) in [5.41, 5.74) is 3.28. The first-order valence-corrected chi connectivity index (χ1v) is 9.78. The van der Waals surface area contributed by atoms with Gasteiger partial charge in [-0.3, -0.25) is 0 Å². The number of hydrogen-bond acceptors (Lipinski definition) is 4. The quantitative estimate of drug-likeness (QED) is 0.862. The second kappa shape index (κ2) is 6.10. The van der Waals surface area contributed by atoms with Crippen LogP contribution in [0.4, 0.5) is 0 Å². The normalized spacial score (nSPS) is 15.0. The van der Waals surface area contributed by atoms with Crippen molar-refractivity contribution in [2.45, 2.75) is 44.0 Å². The lowest BCUT2D eigenvalue weighted by molar-refractivity contribution is 0.462. The van der Waals surface area contributed by atoms with E-state index in [1.165, 1.54) is 33.2 Å². The Hall–Kier alpha value is -1.24. The maximum Gasteiger partial charge on any atom is 0.243 e.